The summed E-state index contributed by atoms with van der Waals surface area (Å²) in [5.74, 6) is -15.9. The van der Waals surface area contributed by atoms with Gasteiger partial charge in [-0.25, -0.2) is 8.42 Å². The molecule has 146 valence electrons. The normalized spacial score (nSPS) is 16.2. The molecule has 0 aliphatic rings. The Morgan fingerprint density at radius 1 is 0.667 bits per heavy atom. The van der Waals surface area contributed by atoms with Crippen LogP contribution in [0.4, 0.5) is 61.5 Å². The van der Waals surface area contributed by atoms with Gasteiger partial charge in [0.2, 0.25) is 0 Å². The van der Waals surface area contributed by atoms with E-state index in [1.807, 2.05) is 0 Å². The zero-order valence-electron chi connectivity index (χ0n) is 10.0. The average molecular weight is 417 g/mol. The third kappa shape index (κ3) is 3.21. The Balaban J connectivity index is 6.51. The van der Waals surface area contributed by atoms with Gasteiger partial charge in [0.25, 0.3) is 10.0 Å². The highest BCUT2D eigenvalue weighted by molar-refractivity contribution is 7.90. The summed E-state index contributed by atoms with van der Waals surface area (Å²) in [6.07, 6.45) is -14.6. The van der Waals surface area contributed by atoms with Gasteiger partial charge in [0.1, 0.15) is 0 Å². The van der Waals surface area contributed by atoms with Crippen molar-refractivity contribution in [2.45, 2.75) is 36.1 Å². The molecular weight excluding hydrogens is 416 g/mol. The molecule has 0 aromatic heterocycles. The van der Waals surface area contributed by atoms with Gasteiger partial charge in [0.05, 0.1) is 0 Å². The first-order valence-corrected chi connectivity index (χ1v) is 6.10. The Bertz CT molecular complexity index is 559. The van der Waals surface area contributed by atoms with Crippen LogP contribution in [0.3, 0.4) is 0 Å². The lowest BCUT2D eigenvalue weighted by Gasteiger charge is -2.35. The minimum absolute atomic E-state index is 3.57. The summed E-state index contributed by atoms with van der Waals surface area (Å²) < 4.78 is 189. The van der Waals surface area contributed by atoms with Gasteiger partial charge in [-0.05, 0) is 4.31 Å². The Labute approximate surface area is 121 Å². The van der Waals surface area contributed by atoms with Crippen molar-refractivity contribution < 1.29 is 69.9 Å². The fraction of sp³-hybridized carbons (Fsp3) is 1.00. The first-order chi connectivity index (χ1) is 10.1. The highest BCUT2D eigenvalue weighted by Crippen LogP contribution is 2.56. The number of nitrogens with zero attached hydrogens (tertiary/aromatic N) is 1. The molecular formula is C6HF14NO2S. The summed E-state index contributed by atoms with van der Waals surface area (Å²) in [5.41, 5.74) is 0. The molecule has 0 aromatic rings. The van der Waals surface area contributed by atoms with E-state index in [2.05, 4.69) is 0 Å². The summed E-state index contributed by atoms with van der Waals surface area (Å²) >= 11 is 0. The van der Waals surface area contributed by atoms with Crippen molar-refractivity contribution in [3.8, 4) is 0 Å². The lowest BCUT2D eigenvalue weighted by Crippen LogP contribution is -2.66. The van der Waals surface area contributed by atoms with Crippen LogP contribution < -0.4 is 0 Å². The van der Waals surface area contributed by atoms with Gasteiger partial charge in [0.15, 0.2) is 0 Å². The van der Waals surface area contributed by atoms with E-state index in [-0.39, 0.29) is 0 Å². The molecule has 0 radical (unpaired) electrons. The van der Waals surface area contributed by atoms with Crippen LogP contribution in [0.5, 0.6) is 0 Å². The zero-order valence-corrected chi connectivity index (χ0v) is 10.9. The molecule has 0 saturated heterocycles. The first kappa shape index (κ1) is 22.9. The molecule has 0 aromatic carbocycles. The Morgan fingerprint density at radius 2 is 1.00 bits per heavy atom. The van der Waals surface area contributed by atoms with Crippen molar-refractivity contribution in [3.63, 3.8) is 0 Å². The summed E-state index contributed by atoms with van der Waals surface area (Å²) in [4.78, 5) is 0. The Morgan fingerprint density at radius 3 is 1.21 bits per heavy atom. The molecule has 0 rings (SSSR count). The monoisotopic (exact) mass is 417 g/mol. The number of hydrogen-bond donors (Lipinski definition) is 0. The average Bonchev–Trinajstić information content (AvgIpc) is 2.22. The molecule has 0 N–H and O–H groups in total. The lowest BCUT2D eigenvalue weighted by molar-refractivity contribution is -0.383. The van der Waals surface area contributed by atoms with E-state index in [1.54, 1.807) is 0 Å². The van der Waals surface area contributed by atoms with Gasteiger partial charge in [-0.2, -0.15) is 61.5 Å². The number of hydrogen-bond acceptors (Lipinski definition) is 2. The largest absolute Gasteiger partial charge is 0.478 e. The van der Waals surface area contributed by atoms with Crippen LogP contribution in [0, 0.1) is 0 Å². The van der Waals surface area contributed by atoms with Crippen molar-refractivity contribution in [1.29, 1.82) is 0 Å². The number of rotatable bonds is 5. The molecule has 3 nitrogen and oxygen atoms in total. The molecule has 0 amide bonds. The van der Waals surface area contributed by atoms with Crippen LogP contribution in [-0.2, 0) is 10.0 Å². The molecule has 0 atom stereocenters. The van der Waals surface area contributed by atoms with Gasteiger partial charge in [0, 0.05) is 0 Å². The molecule has 18 heteroatoms. The molecule has 0 saturated carbocycles. The van der Waals surface area contributed by atoms with Crippen LogP contribution in [0.2, 0.25) is 0 Å². The summed E-state index contributed by atoms with van der Waals surface area (Å²) in [7, 11) is -8.46. The number of sulfonamides is 1. The summed E-state index contributed by atoms with van der Waals surface area (Å²) in [5, 5.41) is -7.91. The van der Waals surface area contributed by atoms with Gasteiger partial charge in [-0.15, -0.1) is 0 Å². The summed E-state index contributed by atoms with van der Waals surface area (Å²) in [6, 6.07) is 0. The van der Waals surface area contributed by atoms with Crippen LogP contribution in [0.15, 0.2) is 0 Å². The van der Waals surface area contributed by atoms with E-state index in [0.717, 1.165) is 0 Å². The smallest absolute Gasteiger partial charge is 0.205 e. The molecule has 0 unspecified atom stereocenters. The highest BCUT2D eigenvalue weighted by Gasteiger charge is 2.87. The van der Waals surface area contributed by atoms with Gasteiger partial charge < -0.3 is 0 Å². The fourth-order valence-electron chi connectivity index (χ4n) is 0.998. The second-order valence-electron chi connectivity index (χ2n) is 3.71. The van der Waals surface area contributed by atoms with Gasteiger partial charge in [-0.1, -0.05) is 0 Å². The molecule has 0 bridgehead atoms. The third-order valence-electron chi connectivity index (χ3n) is 2.13. The van der Waals surface area contributed by atoms with Crippen LogP contribution in [-0.4, -0.2) is 48.8 Å². The van der Waals surface area contributed by atoms with Crippen molar-refractivity contribution in [1.82, 2.24) is 4.31 Å². The predicted molar refractivity (Wildman–Crippen MR) is 43.7 cm³/mol. The van der Waals surface area contributed by atoms with Gasteiger partial charge >= 0.3 is 36.1 Å². The fourth-order valence-corrected chi connectivity index (χ4v) is 2.18. The molecule has 0 aliphatic heterocycles. The molecule has 0 spiro atoms. The van der Waals surface area contributed by atoms with Crippen LogP contribution in [0.1, 0.15) is 0 Å². The van der Waals surface area contributed by atoms with E-state index < -0.39 is 50.5 Å². The van der Waals surface area contributed by atoms with E-state index in [1.165, 1.54) is 0 Å². The van der Waals surface area contributed by atoms with E-state index in [4.69, 9.17) is 0 Å². The predicted octanol–water partition coefficient (Wildman–Crippen LogP) is 3.79. The maximum atomic E-state index is 13.0. The molecule has 24 heavy (non-hydrogen) atoms. The van der Waals surface area contributed by atoms with Crippen molar-refractivity contribution in [3.05, 3.63) is 0 Å². The second kappa shape index (κ2) is 5.73. The number of alkyl halides is 14. The van der Waals surface area contributed by atoms with Crippen LogP contribution in [0.25, 0.3) is 0 Å². The molecule has 0 aliphatic carbocycles. The molecule has 0 heterocycles. The Kier molecular flexibility index (Phi) is 5.48. The maximum absolute atomic E-state index is 13.0. The van der Waals surface area contributed by atoms with Crippen molar-refractivity contribution >= 4 is 10.0 Å². The summed E-state index contributed by atoms with van der Waals surface area (Å²) in [6.45, 7) is -5.55. The topological polar surface area (TPSA) is 37.4 Å². The minimum atomic E-state index is -8.46. The van der Waals surface area contributed by atoms with Crippen molar-refractivity contribution in [2.24, 2.45) is 0 Å². The van der Waals surface area contributed by atoms with Crippen LogP contribution >= 0.6 is 0 Å². The number of halogens is 14. The maximum Gasteiger partial charge on any atom is 0.478 e. The lowest BCUT2D eigenvalue weighted by atomic mass is 10.1. The van der Waals surface area contributed by atoms with Crippen molar-refractivity contribution in [2.75, 3.05) is 0 Å². The quantitative estimate of drug-likeness (QED) is 0.505. The Hall–Kier alpha value is -1.07. The minimum Gasteiger partial charge on any atom is -0.205 e. The van der Waals surface area contributed by atoms with E-state index in [0.29, 0.717) is 0 Å². The SMILES string of the molecule is O=S(=O)(N(C(F)F)C(F)(F)F)C(F)(F)C(F)(F)C(F)(F)C(F)(F)F. The highest BCUT2D eigenvalue weighted by atomic mass is 32.2. The van der Waals surface area contributed by atoms with Gasteiger partial charge in [-0.3, -0.25) is 0 Å². The standard InChI is InChI=1S/C6HF14NO2S/c7-1(8)21(6(18,19)20)24(22,23)5(16,17)3(11,12)2(9,10)4(13,14)15/h1H. The molecule has 0 fully saturated rings. The first-order valence-electron chi connectivity index (χ1n) is 4.66. The van der Waals surface area contributed by atoms with E-state index in [9.17, 15) is 69.9 Å². The zero-order chi connectivity index (χ0) is 20.2. The third-order valence-corrected chi connectivity index (χ3v) is 3.91. The second-order valence-corrected chi connectivity index (χ2v) is 5.57. The van der Waals surface area contributed by atoms with E-state index >= 15 is 0 Å².